The quantitative estimate of drug-likeness (QED) is 0.243. The van der Waals surface area contributed by atoms with Crippen LogP contribution in [0.1, 0.15) is 57.9 Å². The fourth-order valence-corrected chi connectivity index (χ4v) is 3.43. The molecule has 33 heavy (non-hydrogen) atoms. The van der Waals surface area contributed by atoms with E-state index in [0.29, 0.717) is 5.39 Å². The summed E-state index contributed by atoms with van der Waals surface area (Å²) in [6.45, 7) is 5.16. The van der Waals surface area contributed by atoms with E-state index >= 15 is 0 Å². The van der Waals surface area contributed by atoms with Crippen molar-refractivity contribution in [2.24, 2.45) is 0 Å². The summed E-state index contributed by atoms with van der Waals surface area (Å²) in [6, 6.07) is 4.93. The van der Waals surface area contributed by atoms with E-state index in [0.717, 1.165) is 17.2 Å². The molecule has 0 bridgehead atoms. The minimum Gasteiger partial charge on any atom is -0.457 e. The van der Waals surface area contributed by atoms with Gasteiger partial charge >= 0.3 is 23.9 Å². The molecule has 0 saturated carbocycles. The molecule has 0 amide bonds. The molecule has 0 aliphatic heterocycles. The Kier molecular flexibility index (Phi) is 6.32. The van der Waals surface area contributed by atoms with Crippen LogP contribution in [-0.2, 0) is 23.7 Å². The van der Waals surface area contributed by atoms with Gasteiger partial charge in [0, 0.05) is 17.0 Å². The number of carbonyl (C=O) groups is 1. The average Bonchev–Trinajstić information content (AvgIpc) is 2.69. The van der Waals surface area contributed by atoms with E-state index in [1.54, 1.807) is 12.1 Å². The predicted molar refractivity (Wildman–Crippen MR) is 107 cm³/mol. The Balaban J connectivity index is 1.98. The molecule has 10 heteroatoms. The van der Waals surface area contributed by atoms with E-state index in [9.17, 15) is 35.9 Å². The molecule has 176 valence electrons. The molecule has 0 atom stereocenters. The van der Waals surface area contributed by atoms with Crippen LogP contribution in [0.4, 0.5) is 26.3 Å². The maximum Gasteiger partial charge on any atom is 0.416 e. The Hall–Kier alpha value is -3.30. The third kappa shape index (κ3) is 5.37. The molecule has 0 fully saturated rings. The lowest BCUT2D eigenvalue weighted by Crippen LogP contribution is -2.15. The molecular weight excluding hydrogens is 454 g/mol. The Morgan fingerprint density at radius 1 is 0.939 bits per heavy atom. The van der Waals surface area contributed by atoms with E-state index in [2.05, 4.69) is 0 Å². The van der Waals surface area contributed by atoms with Gasteiger partial charge < -0.3 is 9.15 Å². The molecule has 1 aromatic heterocycles. The highest BCUT2D eigenvalue weighted by Crippen LogP contribution is 2.36. The monoisotopic (exact) mass is 472 g/mol. The van der Waals surface area contributed by atoms with E-state index in [-0.39, 0.29) is 35.3 Å². The largest absolute Gasteiger partial charge is 0.457 e. The number of alkyl halides is 6. The molecule has 0 radical (unpaired) electrons. The maximum atomic E-state index is 13.0. The van der Waals surface area contributed by atoms with Gasteiger partial charge in [-0.2, -0.15) is 26.3 Å². The van der Waals surface area contributed by atoms with Gasteiger partial charge in [0.05, 0.1) is 16.7 Å². The van der Waals surface area contributed by atoms with Crippen molar-refractivity contribution >= 4 is 16.9 Å². The highest BCUT2D eigenvalue weighted by atomic mass is 19.4. The molecule has 0 N–H and O–H groups in total. The van der Waals surface area contributed by atoms with Crippen LogP contribution in [0.2, 0.25) is 0 Å². The molecule has 0 unspecified atom stereocenters. The summed E-state index contributed by atoms with van der Waals surface area (Å²) in [5.41, 5.74) is -2.71. The minimum absolute atomic E-state index is 0.0809. The van der Waals surface area contributed by atoms with Crippen molar-refractivity contribution in [2.45, 2.75) is 45.6 Å². The summed E-state index contributed by atoms with van der Waals surface area (Å²) in [5, 5.41) is 0.441. The molecule has 1 heterocycles. The number of halogens is 6. The first-order valence-corrected chi connectivity index (χ1v) is 9.70. The number of aryl methyl sites for hydroxylation is 1. The molecule has 2 aromatic carbocycles. The first-order chi connectivity index (χ1) is 15.2. The Morgan fingerprint density at radius 2 is 1.52 bits per heavy atom. The van der Waals surface area contributed by atoms with Gasteiger partial charge in [-0.1, -0.05) is 13.8 Å². The zero-order chi connectivity index (χ0) is 24.7. The molecule has 4 nitrogen and oxygen atoms in total. The van der Waals surface area contributed by atoms with Gasteiger partial charge in [-0.05, 0) is 54.3 Å². The zero-order valence-electron chi connectivity index (χ0n) is 17.6. The van der Waals surface area contributed by atoms with Gasteiger partial charge in [0.25, 0.3) is 0 Å². The highest BCUT2D eigenvalue weighted by molar-refractivity contribution is 5.90. The lowest BCUT2D eigenvalue weighted by molar-refractivity contribution is -0.143. The molecule has 0 aliphatic rings. The van der Waals surface area contributed by atoms with Crippen molar-refractivity contribution in [3.63, 3.8) is 0 Å². The summed E-state index contributed by atoms with van der Waals surface area (Å²) in [5.74, 6) is -1.29. The van der Waals surface area contributed by atoms with Crippen LogP contribution < -0.4 is 5.63 Å². The molecule has 0 saturated heterocycles. The zero-order valence-corrected chi connectivity index (χ0v) is 17.6. The Labute approximate surface area is 183 Å². The second-order valence-corrected chi connectivity index (χ2v) is 7.82. The summed E-state index contributed by atoms with van der Waals surface area (Å²) in [4.78, 5) is 24.3. The molecule has 3 aromatic rings. The third-order valence-electron chi connectivity index (χ3n) is 5.02. The molecule has 0 aliphatic carbocycles. The van der Waals surface area contributed by atoms with E-state index in [1.807, 2.05) is 20.8 Å². The fraction of sp³-hybridized carbons (Fsp3) is 0.304. The fourth-order valence-electron chi connectivity index (χ4n) is 3.43. The van der Waals surface area contributed by atoms with Crippen LogP contribution in [0.3, 0.4) is 0 Å². The topological polar surface area (TPSA) is 56.5 Å². The number of hydrogen-bond donors (Lipinski definition) is 0. The Morgan fingerprint density at radius 3 is 2.03 bits per heavy atom. The van der Waals surface area contributed by atoms with E-state index < -0.39 is 47.2 Å². The summed E-state index contributed by atoms with van der Waals surface area (Å²) in [6.07, 6.45) is -10.2. The number of benzene rings is 2. The van der Waals surface area contributed by atoms with Crippen molar-refractivity contribution in [1.82, 2.24) is 0 Å². The van der Waals surface area contributed by atoms with Crippen LogP contribution >= 0.6 is 0 Å². The lowest BCUT2D eigenvalue weighted by atomic mass is 9.95. The molecule has 3 rings (SSSR count). The van der Waals surface area contributed by atoms with Gasteiger partial charge in [-0.3, -0.25) is 0 Å². The number of carbonyl (C=O) groups excluding carboxylic acids is 1. The van der Waals surface area contributed by atoms with E-state index in [4.69, 9.17) is 9.15 Å². The van der Waals surface area contributed by atoms with Gasteiger partial charge in [0.15, 0.2) is 0 Å². The van der Waals surface area contributed by atoms with Crippen LogP contribution in [0.25, 0.3) is 11.0 Å². The van der Waals surface area contributed by atoms with Crippen molar-refractivity contribution in [3.8, 4) is 0 Å². The van der Waals surface area contributed by atoms with Crippen LogP contribution in [0.15, 0.2) is 45.6 Å². The summed E-state index contributed by atoms with van der Waals surface area (Å²) >= 11 is 0. The van der Waals surface area contributed by atoms with Crippen LogP contribution in [-0.4, -0.2) is 5.97 Å². The molecular formula is C23H18F6O4. The number of esters is 1. The minimum atomic E-state index is -5.10. The number of rotatable bonds is 4. The third-order valence-corrected chi connectivity index (χ3v) is 5.02. The second-order valence-electron chi connectivity index (χ2n) is 7.82. The summed E-state index contributed by atoms with van der Waals surface area (Å²) < 4.78 is 88.4. The van der Waals surface area contributed by atoms with Crippen LogP contribution in [0.5, 0.6) is 0 Å². The van der Waals surface area contributed by atoms with Crippen molar-refractivity contribution in [3.05, 3.63) is 80.2 Å². The standard InChI is InChI=1S/C23H18F6O4/c1-11(2)17-9-18-14(7-20(30)33-19(18)4-12(17)3)10-32-21(31)13-5-15(22(24,25)26)8-16(6-13)23(27,28)29/h4-9,11H,10H2,1-3H3. The SMILES string of the molecule is Cc1cc2oc(=O)cc(COC(=O)c3cc(C(F)(F)F)cc(C(F)(F)F)c3)c2cc1C(C)C. The van der Waals surface area contributed by atoms with Gasteiger partial charge in [0.2, 0.25) is 0 Å². The van der Waals surface area contributed by atoms with Gasteiger partial charge in [-0.25, -0.2) is 9.59 Å². The number of hydrogen-bond acceptors (Lipinski definition) is 4. The van der Waals surface area contributed by atoms with E-state index in [1.165, 1.54) is 0 Å². The first kappa shape index (κ1) is 24.3. The lowest BCUT2D eigenvalue weighted by Gasteiger charge is -2.15. The van der Waals surface area contributed by atoms with Crippen molar-refractivity contribution in [1.29, 1.82) is 0 Å². The first-order valence-electron chi connectivity index (χ1n) is 9.70. The van der Waals surface area contributed by atoms with Crippen molar-refractivity contribution in [2.75, 3.05) is 0 Å². The highest BCUT2D eigenvalue weighted by Gasteiger charge is 2.37. The number of fused-ring (bicyclic) bond motifs is 1. The molecule has 0 spiro atoms. The smallest absolute Gasteiger partial charge is 0.416 e. The van der Waals surface area contributed by atoms with Crippen molar-refractivity contribution < 1.29 is 40.3 Å². The summed E-state index contributed by atoms with van der Waals surface area (Å²) in [7, 11) is 0. The maximum absolute atomic E-state index is 13.0. The van der Waals surface area contributed by atoms with Gasteiger partial charge in [-0.15, -0.1) is 0 Å². The normalized spacial score (nSPS) is 12.4. The average molecular weight is 472 g/mol. The Bertz CT molecular complexity index is 1240. The predicted octanol–water partition coefficient (Wildman–Crippen LogP) is 6.62. The second kappa shape index (κ2) is 8.57. The van der Waals surface area contributed by atoms with Gasteiger partial charge in [0.1, 0.15) is 12.2 Å². The number of ether oxygens (including phenoxy) is 1. The van der Waals surface area contributed by atoms with Crippen LogP contribution in [0, 0.1) is 6.92 Å².